The third kappa shape index (κ3) is 4.04. The van der Waals surface area contributed by atoms with Gasteiger partial charge in [0.1, 0.15) is 35.7 Å². The molecule has 0 aliphatic carbocycles. The Labute approximate surface area is 158 Å². The number of hydrogen-bond acceptors (Lipinski definition) is 4. The van der Waals surface area contributed by atoms with Gasteiger partial charge in [0.05, 0.1) is 12.6 Å². The summed E-state index contributed by atoms with van der Waals surface area (Å²) in [5.41, 5.74) is -2.02. The molecule has 3 rings (SSSR count). The van der Waals surface area contributed by atoms with Crippen molar-refractivity contribution in [3.8, 4) is 0 Å². The van der Waals surface area contributed by atoms with E-state index in [-0.39, 0.29) is 17.7 Å². The molecule has 6 nitrogen and oxygen atoms in total. The molecule has 0 unspecified atom stereocenters. The lowest BCUT2D eigenvalue weighted by atomic mass is 9.86. The van der Waals surface area contributed by atoms with E-state index in [1.165, 1.54) is 36.4 Å². The Kier molecular flexibility index (Phi) is 5.46. The molecule has 0 spiro atoms. The largest absolute Gasteiger partial charge is 0.381 e. The third-order valence-electron chi connectivity index (χ3n) is 4.44. The Morgan fingerprint density at radius 3 is 2.46 bits per heavy atom. The van der Waals surface area contributed by atoms with Gasteiger partial charge >= 0.3 is 0 Å². The summed E-state index contributed by atoms with van der Waals surface area (Å²) < 4.78 is 42.1. The molecule has 146 valence electrons. The first-order valence-electron chi connectivity index (χ1n) is 8.36. The Morgan fingerprint density at radius 2 is 1.86 bits per heavy atom. The van der Waals surface area contributed by atoms with Crippen LogP contribution in [0.5, 0.6) is 0 Å². The van der Waals surface area contributed by atoms with Gasteiger partial charge in [-0.2, -0.15) is 5.10 Å². The predicted molar refractivity (Wildman–Crippen MR) is 93.6 cm³/mol. The Morgan fingerprint density at radius 1 is 1.18 bits per heavy atom. The fourth-order valence-electron chi connectivity index (χ4n) is 2.86. The molecule has 0 saturated carbocycles. The predicted octanol–water partition coefficient (Wildman–Crippen LogP) is 2.40. The van der Waals surface area contributed by atoms with Crippen LogP contribution in [0.3, 0.4) is 0 Å². The van der Waals surface area contributed by atoms with Crippen LogP contribution in [0.1, 0.15) is 22.8 Å². The number of aromatic nitrogens is 3. The van der Waals surface area contributed by atoms with Crippen molar-refractivity contribution in [1.82, 2.24) is 20.1 Å². The number of amides is 1. The number of nitrogens with zero attached hydrogens (tertiary/aromatic N) is 3. The van der Waals surface area contributed by atoms with Gasteiger partial charge < -0.3 is 10.4 Å². The maximum Gasteiger partial charge on any atom is 0.251 e. The molecule has 1 heterocycles. The summed E-state index contributed by atoms with van der Waals surface area (Å²) in [4.78, 5) is 16.2. The second kappa shape index (κ2) is 7.81. The van der Waals surface area contributed by atoms with Crippen LogP contribution in [0.15, 0.2) is 55.1 Å². The fourth-order valence-corrected chi connectivity index (χ4v) is 2.86. The highest BCUT2D eigenvalue weighted by atomic mass is 19.1. The van der Waals surface area contributed by atoms with Gasteiger partial charge in [0.2, 0.25) is 0 Å². The molecular weight excluding hydrogens is 373 g/mol. The van der Waals surface area contributed by atoms with E-state index in [1.54, 1.807) is 0 Å². The minimum atomic E-state index is -1.97. The molecule has 9 heteroatoms. The maximum atomic E-state index is 14.4. The summed E-state index contributed by atoms with van der Waals surface area (Å²) in [5, 5.41) is 17.8. The molecule has 28 heavy (non-hydrogen) atoms. The Hall–Kier alpha value is -3.20. The van der Waals surface area contributed by atoms with Crippen molar-refractivity contribution in [2.24, 2.45) is 0 Å². The van der Waals surface area contributed by atoms with Crippen LogP contribution < -0.4 is 5.32 Å². The topological polar surface area (TPSA) is 80.0 Å². The molecule has 1 aromatic heterocycles. The first-order chi connectivity index (χ1) is 13.3. The van der Waals surface area contributed by atoms with E-state index in [1.807, 2.05) is 0 Å². The molecule has 2 aromatic carbocycles. The van der Waals surface area contributed by atoms with Crippen molar-refractivity contribution < 1.29 is 23.1 Å². The smallest absolute Gasteiger partial charge is 0.251 e. The molecule has 0 aliphatic heterocycles. The van der Waals surface area contributed by atoms with E-state index in [4.69, 9.17) is 0 Å². The zero-order chi connectivity index (χ0) is 20.3. The lowest BCUT2D eigenvalue weighted by molar-refractivity contribution is -0.0186. The van der Waals surface area contributed by atoms with Crippen molar-refractivity contribution in [1.29, 1.82) is 0 Å². The van der Waals surface area contributed by atoms with Gasteiger partial charge in [0, 0.05) is 17.2 Å². The molecule has 0 saturated heterocycles. The number of carbonyl (C=O) groups excluding carboxylic acids is 1. The molecule has 2 atom stereocenters. The first-order valence-corrected chi connectivity index (χ1v) is 8.36. The second-order valence-corrected chi connectivity index (χ2v) is 6.34. The third-order valence-corrected chi connectivity index (χ3v) is 4.44. The molecule has 0 aliphatic rings. The van der Waals surface area contributed by atoms with Crippen LogP contribution in [-0.2, 0) is 12.1 Å². The van der Waals surface area contributed by atoms with Crippen LogP contribution >= 0.6 is 0 Å². The van der Waals surface area contributed by atoms with Gasteiger partial charge in [-0.1, -0.05) is 6.07 Å². The molecule has 2 N–H and O–H groups in total. The van der Waals surface area contributed by atoms with E-state index < -0.39 is 35.0 Å². The van der Waals surface area contributed by atoms with E-state index in [0.717, 1.165) is 24.3 Å². The minimum absolute atomic E-state index is 0.163. The van der Waals surface area contributed by atoms with E-state index in [2.05, 4.69) is 15.4 Å². The van der Waals surface area contributed by atoms with Crippen LogP contribution in [0.2, 0.25) is 0 Å². The number of halogens is 3. The molecule has 1 amide bonds. The average molecular weight is 390 g/mol. The molecule has 3 aromatic rings. The number of aliphatic hydroxyl groups is 1. The van der Waals surface area contributed by atoms with E-state index in [0.29, 0.717) is 6.07 Å². The monoisotopic (exact) mass is 390 g/mol. The summed E-state index contributed by atoms with van der Waals surface area (Å²) in [5.74, 6) is -2.86. The summed E-state index contributed by atoms with van der Waals surface area (Å²) in [6, 6.07) is 6.58. The van der Waals surface area contributed by atoms with Gasteiger partial charge in [-0.05, 0) is 37.3 Å². The van der Waals surface area contributed by atoms with Crippen molar-refractivity contribution in [2.45, 2.75) is 25.1 Å². The van der Waals surface area contributed by atoms with Gasteiger partial charge in [-0.3, -0.25) is 4.79 Å². The zero-order valence-corrected chi connectivity index (χ0v) is 14.8. The van der Waals surface area contributed by atoms with E-state index >= 15 is 0 Å². The van der Waals surface area contributed by atoms with Crippen molar-refractivity contribution >= 4 is 5.91 Å². The molecule has 0 bridgehead atoms. The highest BCUT2D eigenvalue weighted by Gasteiger charge is 2.40. The molecule has 0 fully saturated rings. The average Bonchev–Trinajstić information content (AvgIpc) is 3.14. The Balaban J connectivity index is 1.93. The summed E-state index contributed by atoms with van der Waals surface area (Å²) in [6.45, 7) is 1.22. The molecular formula is C19H17F3N4O2. The van der Waals surface area contributed by atoms with Gasteiger partial charge in [-0.25, -0.2) is 22.8 Å². The number of carbonyl (C=O) groups is 1. The quantitative estimate of drug-likeness (QED) is 0.678. The number of rotatable bonds is 6. The van der Waals surface area contributed by atoms with Crippen LogP contribution in [-0.4, -0.2) is 31.8 Å². The fraction of sp³-hybridized carbons (Fsp3) is 0.211. The number of hydrogen-bond donors (Lipinski definition) is 2. The van der Waals surface area contributed by atoms with Gasteiger partial charge in [0.25, 0.3) is 5.91 Å². The lowest BCUT2D eigenvalue weighted by Gasteiger charge is -2.35. The molecule has 0 radical (unpaired) electrons. The number of benzene rings is 2. The van der Waals surface area contributed by atoms with Gasteiger partial charge in [0.15, 0.2) is 0 Å². The standard InChI is InChI=1S/C19H17F3N4O2/c1-12(25-18(27)13-2-4-14(20)5-3-13)19(28,9-26-11-23-10-24-26)16-7-6-15(21)8-17(16)22/h2-8,10-12,28H,9H2,1H3,(H,25,27)/t12-,19-/m1/s1. The summed E-state index contributed by atoms with van der Waals surface area (Å²) >= 11 is 0. The van der Waals surface area contributed by atoms with Crippen LogP contribution in [0, 0.1) is 17.5 Å². The van der Waals surface area contributed by atoms with Crippen LogP contribution in [0.4, 0.5) is 13.2 Å². The number of nitrogens with one attached hydrogen (secondary N) is 1. The normalized spacial score (nSPS) is 14.3. The highest BCUT2D eigenvalue weighted by Crippen LogP contribution is 2.30. The van der Waals surface area contributed by atoms with E-state index in [9.17, 15) is 23.1 Å². The zero-order valence-electron chi connectivity index (χ0n) is 14.8. The lowest BCUT2D eigenvalue weighted by Crippen LogP contribution is -2.51. The maximum absolute atomic E-state index is 14.4. The summed E-state index contributed by atoms with van der Waals surface area (Å²) in [7, 11) is 0. The summed E-state index contributed by atoms with van der Waals surface area (Å²) in [6.07, 6.45) is 2.56. The first kappa shape index (κ1) is 19.6. The SMILES string of the molecule is C[C@@H](NC(=O)c1ccc(F)cc1)[C@](O)(Cn1cncn1)c1ccc(F)cc1F. The highest BCUT2D eigenvalue weighted by molar-refractivity contribution is 5.94. The van der Waals surface area contributed by atoms with Crippen molar-refractivity contribution in [2.75, 3.05) is 0 Å². The van der Waals surface area contributed by atoms with Gasteiger partial charge in [-0.15, -0.1) is 0 Å². The minimum Gasteiger partial charge on any atom is -0.381 e. The second-order valence-electron chi connectivity index (χ2n) is 6.34. The van der Waals surface area contributed by atoms with Crippen LogP contribution in [0.25, 0.3) is 0 Å². The van der Waals surface area contributed by atoms with Crippen molar-refractivity contribution in [3.05, 3.63) is 83.7 Å². The Bertz CT molecular complexity index is 964. The van der Waals surface area contributed by atoms with Crippen molar-refractivity contribution in [3.63, 3.8) is 0 Å².